The molecule has 9 heteroatoms. The molecule has 0 radical (unpaired) electrons. The Bertz CT molecular complexity index is 959. The molecule has 27 heavy (non-hydrogen) atoms. The van der Waals surface area contributed by atoms with Crippen LogP contribution in [0.15, 0.2) is 36.5 Å². The van der Waals surface area contributed by atoms with Crippen molar-refractivity contribution in [3.63, 3.8) is 0 Å². The standard InChI is InChI=1S/C18H19N7O2/c19-18-23-16-15(17(24-18)25-6-8-27-9-7-25)22-13(11-20-16)10-14(26)21-12-4-2-1-3-5-12/h1-5,11H,6-10H2,(H,21,26)(H2,19,20,23,24). The first kappa shape index (κ1) is 17.1. The van der Waals surface area contributed by atoms with E-state index in [0.29, 0.717) is 49.0 Å². The van der Waals surface area contributed by atoms with Gasteiger partial charge in [-0.25, -0.2) is 9.97 Å². The van der Waals surface area contributed by atoms with Crippen molar-refractivity contribution in [1.82, 2.24) is 19.9 Å². The van der Waals surface area contributed by atoms with E-state index >= 15 is 0 Å². The van der Waals surface area contributed by atoms with Gasteiger partial charge in [-0.05, 0) is 12.1 Å². The molecule has 4 rings (SSSR count). The van der Waals surface area contributed by atoms with Gasteiger partial charge in [0.05, 0.1) is 31.5 Å². The Hall–Kier alpha value is -3.33. The van der Waals surface area contributed by atoms with Crippen molar-refractivity contribution in [2.75, 3.05) is 42.3 Å². The summed E-state index contributed by atoms with van der Waals surface area (Å²) in [5.41, 5.74) is 8.05. The van der Waals surface area contributed by atoms with Crippen LogP contribution in [0.25, 0.3) is 11.2 Å². The summed E-state index contributed by atoms with van der Waals surface area (Å²) in [6.07, 6.45) is 1.65. The molecule has 138 valence electrons. The van der Waals surface area contributed by atoms with Gasteiger partial charge in [-0.3, -0.25) is 4.79 Å². The minimum atomic E-state index is -0.167. The Labute approximate surface area is 155 Å². The van der Waals surface area contributed by atoms with E-state index in [0.717, 1.165) is 5.69 Å². The highest BCUT2D eigenvalue weighted by Crippen LogP contribution is 2.23. The molecule has 1 saturated heterocycles. The molecule has 3 aromatic rings. The van der Waals surface area contributed by atoms with Crippen molar-refractivity contribution in [3.05, 3.63) is 42.2 Å². The predicted molar refractivity (Wildman–Crippen MR) is 101 cm³/mol. The maximum Gasteiger partial charge on any atom is 0.230 e. The number of carbonyl (C=O) groups is 1. The van der Waals surface area contributed by atoms with Gasteiger partial charge < -0.3 is 20.7 Å². The fraction of sp³-hybridized carbons (Fsp3) is 0.278. The second-order valence-corrected chi connectivity index (χ2v) is 6.13. The first-order valence-electron chi connectivity index (χ1n) is 8.66. The first-order valence-corrected chi connectivity index (χ1v) is 8.66. The molecule has 1 fully saturated rings. The number of nitrogen functional groups attached to an aromatic ring is 1. The van der Waals surface area contributed by atoms with Crippen LogP contribution in [0.1, 0.15) is 5.69 Å². The number of aromatic nitrogens is 4. The normalized spacial score (nSPS) is 14.3. The highest BCUT2D eigenvalue weighted by molar-refractivity contribution is 5.92. The Morgan fingerprint density at radius 1 is 1.15 bits per heavy atom. The van der Waals surface area contributed by atoms with Crippen molar-refractivity contribution in [2.24, 2.45) is 0 Å². The fourth-order valence-corrected chi connectivity index (χ4v) is 2.92. The molecule has 2 aromatic heterocycles. The van der Waals surface area contributed by atoms with E-state index < -0.39 is 0 Å². The van der Waals surface area contributed by atoms with Crippen molar-refractivity contribution >= 4 is 34.5 Å². The van der Waals surface area contributed by atoms with Crippen molar-refractivity contribution in [2.45, 2.75) is 6.42 Å². The molecule has 0 unspecified atom stereocenters. The third kappa shape index (κ3) is 3.93. The minimum Gasteiger partial charge on any atom is -0.378 e. The number of nitrogens with one attached hydrogen (secondary N) is 1. The lowest BCUT2D eigenvalue weighted by Gasteiger charge is -2.28. The van der Waals surface area contributed by atoms with Crippen molar-refractivity contribution < 1.29 is 9.53 Å². The van der Waals surface area contributed by atoms with Crippen LogP contribution in [0.4, 0.5) is 17.5 Å². The molecule has 0 saturated carbocycles. The molecule has 3 heterocycles. The van der Waals surface area contributed by atoms with Crippen LogP contribution in [-0.4, -0.2) is 52.1 Å². The van der Waals surface area contributed by atoms with Crippen LogP contribution in [0.3, 0.4) is 0 Å². The van der Waals surface area contributed by atoms with Gasteiger partial charge in [-0.15, -0.1) is 0 Å². The molecule has 0 spiro atoms. The summed E-state index contributed by atoms with van der Waals surface area (Å²) < 4.78 is 5.39. The number of morpholine rings is 1. The number of hydrogen-bond acceptors (Lipinski definition) is 8. The monoisotopic (exact) mass is 365 g/mol. The summed E-state index contributed by atoms with van der Waals surface area (Å²) in [5.74, 6) is 0.602. The lowest BCUT2D eigenvalue weighted by atomic mass is 10.2. The second-order valence-electron chi connectivity index (χ2n) is 6.13. The van der Waals surface area contributed by atoms with Gasteiger partial charge in [0, 0.05) is 18.8 Å². The van der Waals surface area contributed by atoms with E-state index in [1.807, 2.05) is 35.2 Å². The van der Waals surface area contributed by atoms with E-state index in [9.17, 15) is 4.79 Å². The molecular formula is C18H19N7O2. The van der Waals surface area contributed by atoms with Gasteiger partial charge in [-0.1, -0.05) is 18.2 Å². The van der Waals surface area contributed by atoms with Gasteiger partial charge in [0.1, 0.15) is 0 Å². The van der Waals surface area contributed by atoms with E-state index in [4.69, 9.17) is 10.5 Å². The summed E-state index contributed by atoms with van der Waals surface area (Å²) in [5, 5.41) is 2.84. The lowest BCUT2D eigenvalue weighted by Crippen LogP contribution is -2.37. The van der Waals surface area contributed by atoms with E-state index in [2.05, 4.69) is 25.3 Å². The summed E-state index contributed by atoms with van der Waals surface area (Å²) in [6, 6.07) is 9.28. The molecule has 0 bridgehead atoms. The summed E-state index contributed by atoms with van der Waals surface area (Å²) in [7, 11) is 0. The smallest absolute Gasteiger partial charge is 0.230 e. The van der Waals surface area contributed by atoms with Gasteiger partial charge in [0.2, 0.25) is 11.9 Å². The molecule has 3 N–H and O–H groups in total. The number of amides is 1. The molecule has 0 aliphatic carbocycles. The van der Waals surface area contributed by atoms with Gasteiger partial charge in [-0.2, -0.15) is 9.97 Å². The number of anilines is 3. The molecule has 9 nitrogen and oxygen atoms in total. The average molecular weight is 365 g/mol. The predicted octanol–water partition coefficient (Wildman–Crippen LogP) is 1.02. The average Bonchev–Trinajstić information content (AvgIpc) is 2.69. The number of carbonyl (C=O) groups excluding carboxylic acids is 1. The Morgan fingerprint density at radius 2 is 1.93 bits per heavy atom. The van der Waals surface area contributed by atoms with E-state index in [1.165, 1.54) is 0 Å². The highest BCUT2D eigenvalue weighted by Gasteiger charge is 2.19. The number of nitrogens with zero attached hydrogens (tertiary/aromatic N) is 5. The third-order valence-electron chi connectivity index (χ3n) is 4.17. The topological polar surface area (TPSA) is 119 Å². The Morgan fingerprint density at radius 3 is 2.70 bits per heavy atom. The fourth-order valence-electron chi connectivity index (χ4n) is 2.92. The van der Waals surface area contributed by atoms with Crippen molar-refractivity contribution in [1.29, 1.82) is 0 Å². The minimum absolute atomic E-state index is 0.102. The number of para-hydroxylation sites is 1. The van der Waals surface area contributed by atoms with Crippen LogP contribution in [0, 0.1) is 0 Å². The van der Waals surface area contributed by atoms with Crippen LogP contribution < -0.4 is 16.0 Å². The van der Waals surface area contributed by atoms with Gasteiger partial charge >= 0.3 is 0 Å². The second kappa shape index (κ2) is 7.50. The maximum atomic E-state index is 12.3. The molecule has 1 aliphatic rings. The number of benzene rings is 1. The molecule has 0 atom stereocenters. The quantitative estimate of drug-likeness (QED) is 0.703. The lowest BCUT2D eigenvalue weighted by molar-refractivity contribution is -0.115. The zero-order valence-corrected chi connectivity index (χ0v) is 14.6. The summed E-state index contributed by atoms with van der Waals surface area (Å²) in [4.78, 5) is 31.8. The van der Waals surface area contributed by atoms with Gasteiger partial charge in [0.15, 0.2) is 17.0 Å². The van der Waals surface area contributed by atoms with E-state index in [1.54, 1.807) is 6.20 Å². The van der Waals surface area contributed by atoms with Crippen LogP contribution in [0.2, 0.25) is 0 Å². The zero-order valence-electron chi connectivity index (χ0n) is 14.6. The van der Waals surface area contributed by atoms with Crippen LogP contribution in [0.5, 0.6) is 0 Å². The number of hydrogen-bond donors (Lipinski definition) is 2. The first-order chi connectivity index (χ1) is 13.2. The van der Waals surface area contributed by atoms with Crippen LogP contribution >= 0.6 is 0 Å². The summed E-state index contributed by atoms with van der Waals surface area (Å²) in [6.45, 7) is 2.59. The number of ether oxygens (including phenoxy) is 1. The van der Waals surface area contributed by atoms with Crippen LogP contribution in [-0.2, 0) is 16.0 Å². The Kier molecular flexibility index (Phi) is 4.75. The van der Waals surface area contributed by atoms with E-state index in [-0.39, 0.29) is 18.3 Å². The number of fused-ring (bicyclic) bond motifs is 1. The molecule has 1 amide bonds. The number of rotatable bonds is 4. The molecular weight excluding hydrogens is 346 g/mol. The molecule has 1 aromatic carbocycles. The van der Waals surface area contributed by atoms with Crippen molar-refractivity contribution in [3.8, 4) is 0 Å². The maximum absolute atomic E-state index is 12.3. The number of nitrogens with two attached hydrogens (primary N) is 1. The highest BCUT2D eigenvalue weighted by atomic mass is 16.5. The van der Waals surface area contributed by atoms with Gasteiger partial charge in [0.25, 0.3) is 0 Å². The molecule has 1 aliphatic heterocycles. The summed E-state index contributed by atoms with van der Waals surface area (Å²) >= 11 is 0. The third-order valence-corrected chi connectivity index (χ3v) is 4.17. The largest absolute Gasteiger partial charge is 0.378 e. The Balaban J connectivity index is 1.60. The SMILES string of the molecule is Nc1nc(N2CCOCC2)c2nc(CC(=O)Nc3ccccc3)cnc2n1. The zero-order chi connectivity index (χ0) is 18.6.